The van der Waals surface area contributed by atoms with E-state index >= 15 is 0 Å². The van der Waals surface area contributed by atoms with Crippen LogP contribution in [-0.4, -0.2) is 64.4 Å². The van der Waals surface area contributed by atoms with Crippen LogP contribution >= 0.6 is 0 Å². The van der Waals surface area contributed by atoms with E-state index in [0.29, 0.717) is 6.42 Å². The third kappa shape index (κ3) is 4.50. The summed E-state index contributed by atoms with van der Waals surface area (Å²) in [7, 11) is 0. The van der Waals surface area contributed by atoms with Crippen molar-refractivity contribution in [2.24, 2.45) is 5.92 Å². The number of fused-ring (bicyclic) bond motifs is 3. The van der Waals surface area contributed by atoms with Gasteiger partial charge >= 0.3 is 12.1 Å². The molecule has 2 aromatic rings. The van der Waals surface area contributed by atoms with Gasteiger partial charge in [0.1, 0.15) is 18.7 Å². The number of benzene rings is 2. The Kier molecular flexibility index (Phi) is 6.88. The molecule has 8 heteroatoms. The summed E-state index contributed by atoms with van der Waals surface area (Å²) in [6.07, 6.45) is -1.07. The maximum atomic E-state index is 13.2. The van der Waals surface area contributed by atoms with Gasteiger partial charge < -0.3 is 25.2 Å². The van der Waals surface area contributed by atoms with Crippen molar-refractivity contribution < 1.29 is 29.3 Å². The molecule has 180 valence electrons. The van der Waals surface area contributed by atoms with Crippen molar-refractivity contribution in [3.63, 3.8) is 0 Å². The Balaban J connectivity index is 1.46. The van der Waals surface area contributed by atoms with Gasteiger partial charge in [-0.25, -0.2) is 9.59 Å². The summed E-state index contributed by atoms with van der Waals surface area (Å²) in [6.45, 7) is 3.74. The number of hydrogen-bond acceptors (Lipinski definition) is 5. The summed E-state index contributed by atoms with van der Waals surface area (Å²) in [6, 6.07) is 14.0. The molecular formula is C26H30N2O6. The zero-order valence-electron chi connectivity index (χ0n) is 19.3. The number of hydrogen-bond donors (Lipinski definition) is 3. The van der Waals surface area contributed by atoms with E-state index in [4.69, 9.17) is 4.74 Å². The van der Waals surface area contributed by atoms with E-state index in [2.05, 4.69) is 17.4 Å². The van der Waals surface area contributed by atoms with Crippen LogP contribution in [0.5, 0.6) is 0 Å². The standard InChI is InChI=1S/C26H30N2O6/c1-3-15(2)23(24(30)28-13-16(29)12-22(28)25(31)32)27-26(33)34-14-21-19-10-6-4-8-17(19)18-9-5-7-11-20(18)21/h4-11,15-16,21-23,29H,3,12-14H2,1-2H3,(H,27,33)(H,31,32)/t15?,16?,22-,23?/m0/s1. The van der Waals surface area contributed by atoms with Crippen LogP contribution in [0.1, 0.15) is 43.7 Å². The lowest BCUT2D eigenvalue weighted by Gasteiger charge is -2.30. The van der Waals surface area contributed by atoms with Gasteiger partial charge in [-0.2, -0.15) is 0 Å². The summed E-state index contributed by atoms with van der Waals surface area (Å²) in [5, 5.41) is 22.0. The molecule has 34 heavy (non-hydrogen) atoms. The molecule has 3 N–H and O–H groups in total. The zero-order chi connectivity index (χ0) is 24.4. The number of likely N-dealkylation sites (tertiary alicyclic amines) is 1. The van der Waals surface area contributed by atoms with Crippen LogP contribution in [0.25, 0.3) is 11.1 Å². The number of amides is 2. The molecule has 3 unspecified atom stereocenters. The van der Waals surface area contributed by atoms with Crippen LogP contribution in [0.2, 0.25) is 0 Å². The van der Waals surface area contributed by atoms with Crippen molar-refractivity contribution in [1.29, 1.82) is 0 Å². The lowest BCUT2D eigenvalue weighted by molar-refractivity contribution is -0.149. The number of carbonyl (C=O) groups excluding carboxylic acids is 2. The largest absolute Gasteiger partial charge is 0.480 e. The van der Waals surface area contributed by atoms with E-state index in [9.17, 15) is 24.6 Å². The Morgan fingerprint density at radius 2 is 1.68 bits per heavy atom. The van der Waals surface area contributed by atoms with Crippen molar-refractivity contribution >= 4 is 18.0 Å². The van der Waals surface area contributed by atoms with Crippen molar-refractivity contribution in [1.82, 2.24) is 10.2 Å². The summed E-state index contributed by atoms with van der Waals surface area (Å²) < 4.78 is 5.59. The highest BCUT2D eigenvalue weighted by molar-refractivity contribution is 5.90. The first-order valence-corrected chi connectivity index (χ1v) is 11.6. The zero-order valence-corrected chi connectivity index (χ0v) is 19.3. The minimum atomic E-state index is -1.17. The van der Waals surface area contributed by atoms with Gasteiger partial charge in [0.25, 0.3) is 0 Å². The highest BCUT2D eigenvalue weighted by atomic mass is 16.5. The Bertz CT molecular complexity index is 1040. The lowest BCUT2D eigenvalue weighted by atomic mass is 9.97. The number of β-amino-alcohol motifs (C(OH)–C–C–N with tert-alkyl or cyclic N) is 1. The Hall–Kier alpha value is -3.39. The molecule has 1 fully saturated rings. The Labute approximate surface area is 198 Å². The summed E-state index contributed by atoms with van der Waals surface area (Å²) in [5.74, 6) is -2.05. The molecule has 1 aliphatic heterocycles. The number of carboxylic acids is 1. The third-order valence-corrected chi connectivity index (χ3v) is 6.94. The van der Waals surface area contributed by atoms with E-state index in [1.165, 1.54) is 0 Å². The molecular weight excluding hydrogens is 436 g/mol. The van der Waals surface area contributed by atoms with Gasteiger partial charge in [0.2, 0.25) is 5.91 Å². The number of nitrogens with zero attached hydrogens (tertiary/aromatic N) is 1. The van der Waals surface area contributed by atoms with Gasteiger partial charge in [0, 0.05) is 18.9 Å². The van der Waals surface area contributed by atoms with Gasteiger partial charge in [-0.15, -0.1) is 0 Å². The van der Waals surface area contributed by atoms with Crippen LogP contribution in [0.3, 0.4) is 0 Å². The molecule has 2 amide bonds. The number of carboxylic acid groups (broad SMARTS) is 1. The number of alkyl carbamates (subject to hydrolysis) is 1. The van der Waals surface area contributed by atoms with Crippen molar-refractivity contribution in [2.75, 3.05) is 13.2 Å². The lowest BCUT2D eigenvalue weighted by Crippen LogP contribution is -2.54. The molecule has 1 saturated heterocycles. The van der Waals surface area contributed by atoms with Crippen LogP contribution in [0.4, 0.5) is 4.79 Å². The normalized spacial score (nSPS) is 20.9. The van der Waals surface area contributed by atoms with Crippen molar-refractivity contribution in [3.8, 4) is 11.1 Å². The number of aliphatic hydroxyl groups is 1. The van der Waals surface area contributed by atoms with E-state index < -0.39 is 36.2 Å². The first kappa shape index (κ1) is 23.8. The second-order valence-corrected chi connectivity index (χ2v) is 9.07. The van der Waals surface area contributed by atoms with Gasteiger partial charge in [-0.3, -0.25) is 4.79 Å². The van der Waals surface area contributed by atoms with Crippen LogP contribution < -0.4 is 5.32 Å². The second kappa shape index (κ2) is 9.85. The quantitative estimate of drug-likeness (QED) is 0.578. The van der Waals surface area contributed by atoms with E-state index in [-0.39, 0.29) is 31.4 Å². The highest BCUT2D eigenvalue weighted by Crippen LogP contribution is 2.44. The van der Waals surface area contributed by atoms with Gasteiger partial charge in [0.05, 0.1) is 6.10 Å². The number of aliphatic hydroxyl groups excluding tert-OH is 1. The van der Waals surface area contributed by atoms with Crippen molar-refractivity contribution in [3.05, 3.63) is 59.7 Å². The number of carbonyl (C=O) groups is 3. The van der Waals surface area contributed by atoms with Crippen molar-refractivity contribution in [2.45, 2.75) is 50.8 Å². The average molecular weight is 467 g/mol. The second-order valence-electron chi connectivity index (χ2n) is 9.07. The summed E-state index contributed by atoms with van der Waals surface area (Å²) in [5.41, 5.74) is 4.40. The predicted molar refractivity (Wildman–Crippen MR) is 125 cm³/mol. The molecule has 1 aliphatic carbocycles. The molecule has 0 radical (unpaired) electrons. The Morgan fingerprint density at radius 3 is 2.24 bits per heavy atom. The van der Waals surface area contributed by atoms with Crippen LogP contribution in [-0.2, 0) is 14.3 Å². The number of ether oxygens (including phenoxy) is 1. The maximum Gasteiger partial charge on any atom is 0.407 e. The fourth-order valence-corrected chi connectivity index (χ4v) is 4.92. The van der Waals surface area contributed by atoms with Crippen LogP contribution in [0.15, 0.2) is 48.5 Å². The maximum absolute atomic E-state index is 13.2. The minimum absolute atomic E-state index is 0.0285. The molecule has 0 aromatic heterocycles. The van der Waals surface area contributed by atoms with E-state index in [1.807, 2.05) is 50.2 Å². The predicted octanol–water partition coefficient (Wildman–Crippen LogP) is 2.99. The van der Waals surface area contributed by atoms with E-state index in [0.717, 1.165) is 27.2 Å². The average Bonchev–Trinajstić information content (AvgIpc) is 3.38. The van der Waals surface area contributed by atoms with E-state index in [1.54, 1.807) is 0 Å². The number of aliphatic carboxylic acids is 1. The minimum Gasteiger partial charge on any atom is -0.480 e. The molecule has 2 aromatic carbocycles. The SMILES string of the molecule is CCC(C)C(NC(=O)OCC1c2ccccc2-c2ccccc21)C(=O)N1CC(O)C[C@H]1C(=O)O. The fraction of sp³-hybridized carbons (Fsp3) is 0.423. The molecule has 4 atom stereocenters. The van der Waals surface area contributed by atoms with Gasteiger partial charge in [-0.05, 0) is 28.2 Å². The molecule has 2 aliphatic rings. The molecule has 4 rings (SSSR count). The smallest absolute Gasteiger partial charge is 0.407 e. The molecule has 0 spiro atoms. The molecule has 1 heterocycles. The number of rotatable bonds is 7. The molecule has 0 bridgehead atoms. The first-order chi connectivity index (χ1) is 16.3. The fourth-order valence-electron chi connectivity index (χ4n) is 4.92. The monoisotopic (exact) mass is 466 g/mol. The Morgan fingerprint density at radius 1 is 1.09 bits per heavy atom. The van der Waals surface area contributed by atoms with Gasteiger partial charge in [-0.1, -0.05) is 68.8 Å². The highest BCUT2D eigenvalue weighted by Gasteiger charge is 2.42. The summed E-state index contributed by atoms with van der Waals surface area (Å²) in [4.78, 5) is 38.7. The van der Waals surface area contributed by atoms with Crippen LogP contribution in [0, 0.1) is 5.92 Å². The van der Waals surface area contributed by atoms with Gasteiger partial charge in [0.15, 0.2) is 0 Å². The first-order valence-electron chi connectivity index (χ1n) is 11.6. The number of nitrogens with one attached hydrogen (secondary N) is 1. The third-order valence-electron chi connectivity index (χ3n) is 6.94. The topological polar surface area (TPSA) is 116 Å². The summed E-state index contributed by atoms with van der Waals surface area (Å²) >= 11 is 0. The molecule has 0 saturated carbocycles. The molecule has 8 nitrogen and oxygen atoms in total.